The van der Waals surface area contributed by atoms with Crippen LogP contribution >= 0.6 is 39.2 Å². The van der Waals surface area contributed by atoms with E-state index in [2.05, 4.69) is 31.9 Å². The van der Waals surface area contributed by atoms with Crippen molar-refractivity contribution in [2.75, 3.05) is 13.8 Å². The molecule has 3 nitrogen and oxygen atoms in total. The number of benzene rings is 1. The summed E-state index contributed by atoms with van der Waals surface area (Å²) in [6, 6.07) is 3.46. The molecule has 0 aliphatic carbocycles. The van der Waals surface area contributed by atoms with Gasteiger partial charge in [0, 0.05) is 19.9 Å². The zero-order valence-corrected chi connectivity index (χ0v) is 12.4. The highest BCUT2D eigenvalue weighted by atomic mass is 79.9. The van der Waals surface area contributed by atoms with Gasteiger partial charge in [0.25, 0.3) is 0 Å². The lowest BCUT2D eigenvalue weighted by molar-refractivity contribution is 0.397. The molecule has 6 heteroatoms. The Morgan fingerprint density at radius 2 is 1.87 bits per heavy atom. The Morgan fingerprint density at radius 1 is 1.40 bits per heavy atom. The summed E-state index contributed by atoms with van der Waals surface area (Å²) in [6.45, 7) is 1.58. The summed E-state index contributed by atoms with van der Waals surface area (Å²) in [4.78, 5) is 0. The van der Waals surface area contributed by atoms with E-state index < -0.39 is 7.37 Å². The zero-order chi connectivity index (χ0) is 11.6. The van der Waals surface area contributed by atoms with E-state index in [1.165, 1.54) is 7.11 Å². The predicted molar refractivity (Wildman–Crippen MR) is 67.8 cm³/mol. The van der Waals surface area contributed by atoms with Crippen molar-refractivity contribution in [1.29, 1.82) is 0 Å². The van der Waals surface area contributed by atoms with Crippen LogP contribution in [0.1, 0.15) is 5.56 Å². The average molecular weight is 358 g/mol. The van der Waals surface area contributed by atoms with Gasteiger partial charge in [-0.15, -0.1) is 0 Å². The van der Waals surface area contributed by atoms with Crippen molar-refractivity contribution in [2.45, 2.75) is 6.16 Å². The van der Waals surface area contributed by atoms with Gasteiger partial charge in [-0.05, 0) is 49.6 Å². The molecule has 1 aromatic carbocycles. The van der Waals surface area contributed by atoms with Gasteiger partial charge < -0.3 is 9.63 Å². The molecule has 0 saturated carbocycles. The standard InChI is InChI=1S/C9H11Br2O3P/c1-14-15(2,13)5-6-3-7(10)9(12)8(11)4-6/h3-4,12H,5H2,1-2H3. The molecule has 0 aromatic heterocycles. The van der Waals surface area contributed by atoms with E-state index in [-0.39, 0.29) is 5.75 Å². The molecule has 0 heterocycles. The summed E-state index contributed by atoms with van der Waals surface area (Å²) in [5.74, 6) is 0.141. The van der Waals surface area contributed by atoms with Crippen LogP contribution in [0, 0.1) is 0 Å². The Kier molecular flexibility index (Phi) is 4.41. The molecule has 0 aliphatic heterocycles. The molecule has 0 amide bonds. The van der Waals surface area contributed by atoms with Crippen molar-refractivity contribution in [3.05, 3.63) is 26.6 Å². The van der Waals surface area contributed by atoms with Crippen LogP contribution in [0.25, 0.3) is 0 Å². The van der Waals surface area contributed by atoms with Crippen LogP contribution in [-0.2, 0) is 15.3 Å². The maximum Gasteiger partial charge on any atom is 0.204 e. The van der Waals surface area contributed by atoms with Crippen LogP contribution < -0.4 is 0 Å². The first kappa shape index (κ1) is 13.2. The van der Waals surface area contributed by atoms with Gasteiger partial charge in [-0.25, -0.2) is 0 Å². The van der Waals surface area contributed by atoms with Crippen molar-refractivity contribution >= 4 is 39.2 Å². The van der Waals surface area contributed by atoms with Gasteiger partial charge in [-0.1, -0.05) is 0 Å². The lowest BCUT2D eigenvalue weighted by Crippen LogP contribution is -1.90. The van der Waals surface area contributed by atoms with Crippen LogP contribution in [0.5, 0.6) is 5.75 Å². The molecular formula is C9H11Br2O3P. The number of phenolic OH excluding ortho intramolecular Hbond substituents is 1. The van der Waals surface area contributed by atoms with Gasteiger partial charge in [0.2, 0.25) is 7.37 Å². The van der Waals surface area contributed by atoms with Crippen molar-refractivity contribution in [1.82, 2.24) is 0 Å². The average Bonchev–Trinajstić information content (AvgIpc) is 2.13. The topological polar surface area (TPSA) is 46.5 Å². The zero-order valence-electron chi connectivity index (χ0n) is 8.33. The number of phenols is 1. The molecule has 0 radical (unpaired) electrons. The van der Waals surface area contributed by atoms with Crippen LogP contribution in [0.4, 0.5) is 0 Å². The molecule has 1 aromatic rings. The van der Waals surface area contributed by atoms with E-state index in [1.54, 1.807) is 18.8 Å². The minimum absolute atomic E-state index is 0.141. The van der Waals surface area contributed by atoms with Crippen molar-refractivity contribution in [3.8, 4) is 5.75 Å². The van der Waals surface area contributed by atoms with E-state index >= 15 is 0 Å². The van der Waals surface area contributed by atoms with E-state index in [9.17, 15) is 9.67 Å². The van der Waals surface area contributed by atoms with Crippen LogP contribution in [0.2, 0.25) is 0 Å². The summed E-state index contributed by atoms with van der Waals surface area (Å²) >= 11 is 6.43. The van der Waals surface area contributed by atoms with E-state index in [0.717, 1.165) is 5.56 Å². The Balaban J connectivity index is 3.03. The number of rotatable bonds is 3. The Labute approximate surface area is 106 Å². The third-order valence-corrected chi connectivity index (χ3v) is 4.85. The van der Waals surface area contributed by atoms with Gasteiger partial charge >= 0.3 is 0 Å². The maximum atomic E-state index is 11.7. The maximum absolute atomic E-state index is 11.7. The first-order chi connectivity index (χ1) is 6.85. The van der Waals surface area contributed by atoms with E-state index in [4.69, 9.17) is 4.52 Å². The fraction of sp³-hybridized carbons (Fsp3) is 0.333. The van der Waals surface area contributed by atoms with Gasteiger partial charge in [-0.3, -0.25) is 4.57 Å². The summed E-state index contributed by atoms with van der Waals surface area (Å²) in [5.41, 5.74) is 0.847. The number of aromatic hydroxyl groups is 1. The highest BCUT2D eigenvalue weighted by Crippen LogP contribution is 2.46. The summed E-state index contributed by atoms with van der Waals surface area (Å²) in [6.07, 6.45) is 0.348. The number of hydrogen-bond donors (Lipinski definition) is 1. The number of halogens is 2. The van der Waals surface area contributed by atoms with Crippen LogP contribution in [-0.4, -0.2) is 18.9 Å². The third kappa shape index (κ3) is 3.59. The molecule has 0 fully saturated rings. The minimum Gasteiger partial charge on any atom is -0.506 e. The molecule has 84 valence electrons. The van der Waals surface area contributed by atoms with Gasteiger partial charge in [0.15, 0.2) is 0 Å². The fourth-order valence-electron chi connectivity index (χ4n) is 1.11. The quantitative estimate of drug-likeness (QED) is 0.832. The molecule has 1 unspecified atom stereocenters. The third-order valence-electron chi connectivity index (χ3n) is 1.93. The summed E-state index contributed by atoms with van der Waals surface area (Å²) < 4.78 is 17.8. The lowest BCUT2D eigenvalue weighted by atomic mass is 10.2. The monoisotopic (exact) mass is 356 g/mol. The Hall–Kier alpha value is 0.170. The lowest BCUT2D eigenvalue weighted by Gasteiger charge is -2.11. The largest absolute Gasteiger partial charge is 0.506 e. The van der Waals surface area contributed by atoms with Crippen LogP contribution in [0.15, 0.2) is 21.1 Å². The molecule has 1 rings (SSSR count). The molecule has 0 aliphatic rings. The van der Waals surface area contributed by atoms with Crippen LogP contribution in [0.3, 0.4) is 0 Å². The summed E-state index contributed by atoms with van der Waals surface area (Å²) in [7, 11) is -1.14. The molecular weight excluding hydrogens is 347 g/mol. The molecule has 0 spiro atoms. The molecule has 0 bridgehead atoms. The molecule has 1 atom stereocenters. The first-order valence-corrected chi connectivity index (χ1v) is 7.99. The molecule has 0 saturated heterocycles. The Morgan fingerprint density at radius 3 is 2.27 bits per heavy atom. The van der Waals surface area contributed by atoms with Gasteiger partial charge in [-0.2, -0.15) is 0 Å². The Bertz CT molecular complexity index is 397. The second kappa shape index (κ2) is 5.00. The predicted octanol–water partition coefficient (Wildman–Crippen LogP) is 3.97. The normalized spacial score (nSPS) is 14.9. The second-order valence-electron chi connectivity index (χ2n) is 3.26. The highest BCUT2D eigenvalue weighted by Gasteiger charge is 2.16. The van der Waals surface area contributed by atoms with Gasteiger partial charge in [0.05, 0.1) is 8.95 Å². The van der Waals surface area contributed by atoms with Crippen molar-refractivity contribution in [3.63, 3.8) is 0 Å². The minimum atomic E-state index is -2.57. The molecule has 15 heavy (non-hydrogen) atoms. The molecule has 1 N–H and O–H groups in total. The first-order valence-electron chi connectivity index (χ1n) is 4.15. The fourth-order valence-corrected chi connectivity index (χ4v) is 3.36. The van der Waals surface area contributed by atoms with Gasteiger partial charge in [0.1, 0.15) is 5.75 Å². The smallest absolute Gasteiger partial charge is 0.204 e. The van der Waals surface area contributed by atoms with Crippen molar-refractivity contribution < 1.29 is 14.2 Å². The van der Waals surface area contributed by atoms with E-state index in [1.807, 2.05) is 0 Å². The highest BCUT2D eigenvalue weighted by molar-refractivity contribution is 9.11. The SMILES string of the molecule is COP(C)(=O)Cc1cc(Br)c(O)c(Br)c1. The van der Waals surface area contributed by atoms with E-state index in [0.29, 0.717) is 15.1 Å². The second-order valence-corrected chi connectivity index (χ2v) is 7.68. The van der Waals surface area contributed by atoms with Crippen molar-refractivity contribution in [2.24, 2.45) is 0 Å². The summed E-state index contributed by atoms with van der Waals surface area (Å²) in [5, 5.41) is 9.49. The number of hydrogen-bond acceptors (Lipinski definition) is 3.